The van der Waals surface area contributed by atoms with E-state index >= 15 is 0 Å². The SMILES string of the molecule is C[C@H]1O[C@@H](OC[C@H]2O[C@@H](OC3=Cc4c(cc(O)c(O)c4O)[OH+]C3c3ccc(O)cc3)[C@H](O)[C@@H](O)[C@@H]2O)[C@@H](O)[C@H](O)[C@H]1O. The van der Waals surface area contributed by atoms with Crippen molar-refractivity contribution in [1.82, 2.24) is 0 Å². The Bertz CT molecular complexity index is 1300. The lowest BCUT2D eigenvalue weighted by Crippen LogP contribution is -2.61. The van der Waals surface area contributed by atoms with E-state index in [4.69, 9.17) is 18.9 Å². The van der Waals surface area contributed by atoms with Crippen molar-refractivity contribution in [3.05, 3.63) is 47.2 Å². The Balaban J connectivity index is 1.39. The zero-order valence-corrected chi connectivity index (χ0v) is 22.1. The molecule has 2 aromatic rings. The molecule has 0 bridgehead atoms. The predicted octanol–water partition coefficient (Wildman–Crippen LogP) is -1.49. The van der Waals surface area contributed by atoms with Crippen molar-refractivity contribution in [2.24, 2.45) is 0 Å². The van der Waals surface area contributed by atoms with E-state index in [9.17, 15) is 51.1 Å². The van der Waals surface area contributed by atoms with Gasteiger partial charge in [0.2, 0.25) is 12.0 Å². The van der Waals surface area contributed by atoms with Gasteiger partial charge in [0, 0.05) is 6.08 Å². The second-order valence-electron chi connectivity index (χ2n) is 10.3. The lowest BCUT2D eigenvalue weighted by atomic mass is 9.98. The largest absolute Gasteiger partial charge is 0.571 e. The molecule has 0 radical (unpaired) electrons. The minimum atomic E-state index is -1.80. The molecule has 0 aromatic heterocycles. The first kappa shape index (κ1) is 30.1. The van der Waals surface area contributed by atoms with Crippen LogP contribution in [0.2, 0.25) is 0 Å². The van der Waals surface area contributed by atoms with Gasteiger partial charge in [0.05, 0.1) is 24.3 Å². The average Bonchev–Trinajstić information content (AvgIpc) is 2.97. The molecule has 5 rings (SSSR count). The highest BCUT2D eigenvalue weighted by molar-refractivity contribution is 5.73. The van der Waals surface area contributed by atoms with Crippen molar-refractivity contribution in [1.29, 1.82) is 0 Å². The summed E-state index contributed by atoms with van der Waals surface area (Å²) in [7, 11) is 0. The third kappa shape index (κ3) is 5.54. The van der Waals surface area contributed by atoms with Crippen molar-refractivity contribution in [2.45, 2.75) is 74.4 Å². The van der Waals surface area contributed by atoms with Gasteiger partial charge in [-0.1, -0.05) is 0 Å². The van der Waals surface area contributed by atoms with E-state index in [0.717, 1.165) is 6.07 Å². The summed E-state index contributed by atoms with van der Waals surface area (Å²) in [5, 5.41) is 102. The number of aromatic hydroxyl groups is 5. The smallest absolute Gasteiger partial charge is 0.270 e. The summed E-state index contributed by atoms with van der Waals surface area (Å²) in [6, 6.07) is 6.97. The molecule has 0 saturated carbocycles. The minimum Gasteiger partial charge on any atom is -0.571 e. The van der Waals surface area contributed by atoms with Crippen LogP contribution in [-0.4, -0.2) is 124 Å². The maximum Gasteiger partial charge on any atom is 0.270 e. The van der Waals surface area contributed by atoms with Gasteiger partial charge in [-0.2, -0.15) is 0 Å². The zero-order valence-electron chi connectivity index (χ0n) is 22.1. The summed E-state index contributed by atoms with van der Waals surface area (Å²) in [4.78, 5) is 0. The number of ether oxygens (including phenoxy) is 5. The molecular formula is C27H33O15+. The number of phenols is 4. The quantitative estimate of drug-likeness (QED) is 0.104. The zero-order chi connectivity index (χ0) is 30.5. The third-order valence-electron chi connectivity index (χ3n) is 7.46. The summed E-state index contributed by atoms with van der Waals surface area (Å²) in [6.45, 7) is 0.945. The van der Waals surface area contributed by atoms with Crippen molar-refractivity contribution < 1.29 is 74.7 Å². The van der Waals surface area contributed by atoms with Gasteiger partial charge < -0.3 is 74.7 Å². The number of benzene rings is 2. The van der Waals surface area contributed by atoms with Crippen LogP contribution in [-0.2, 0) is 18.9 Å². The van der Waals surface area contributed by atoms with Crippen LogP contribution in [0, 0.1) is 0 Å². The molecule has 0 amide bonds. The van der Waals surface area contributed by atoms with Crippen LogP contribution >= 0.6 is 0 Å². The Morgan fingerprint density at radius 3 is 2.10 bits per heavy atom. The lowest BCUT2D eigenvalue weighted by molar-refractivity contribution is -0.325. The first-order valence-corrected chi connectivity index (χ1v) is 13.0. The van der Waals surface area contributed by atoms with Crippen LogP contribution in [0.4, 0.5) is 0 Å². The topological polar surface area (TPSA) is 252 Å². The standard InChI is InChI=1S/C27H32O15/c1-9-17(30)21(34)23(36)26(39-9)38-8-16-20(33)22(35)24(37)27(42-16)41-15-6-12-14(7-13(29)19(32)18(12)31)40-25(15)10-2-4-11(28)5-3-10/h2-7,9,16-17,20-37H,8H2,1H3/p+1/t9-,16-,17+,20-,21-,22+,23+,24-,25?,26-,27-/m1/s1. The predicted molar refractivity (Wildman–Crippen MR) is 138 cm³/mol. The number of phenolic OH excluding ortho intramolecular Hbond substituents is 4. The molecule has 2 saturated heterocycles. The fourth-order valence-corrected chi connectivity index (χ4v) is 4.94. The molecule has 0 aliphatic carbocycles. The molecule has 11 atom stereocenters. The Kier molecular flexibility index (Phi) is 8.39. The molecule has 230 valence electrons. The highest BCUT2D eigenvalue weighted by atomic mass is 16.7. The third-order valence-corrected chi connectivity index (χ3v) is 7.46. The fraction of sp³-hybridized carbons (Fsp3) is 0.481. The van der Waals surface area contributed by atoms with Gasteiger partial charge in [-0.15, -0.1) is 0 Å². The fourth-order valence-electron chi connectivity index (χ4n) is 4.94. The number of aliphatic hydroxyl groups excluding tert-OH is 6. The van der Waals surface area contributed by atoms with Crippen molar-refractivity contribution in [3.8, 4) is 28.7 Å². The van der Waals surface area contributed by atoms with Crippen LogP contribution in [0.5, 0.6) is 28.7 Å². The van der Waals surface area contributed by atoms with Crippen LogP contribution in [0.15, 0.2) is 36.1 Å². The number of fused-ring (bicyclic) bond motifs is 1. The molecule has 2 fully saturated rings. The summed E-state index contributed by atoms with van der Waals surface area (Å²) < 4.78 is 27.0. The van der Waals surface area contributed by atoms with E-state index in [-0.39, 0.29) is 22.8 Å². The van der Waals surface area contributed by atoms with Gasteiger partial charge in [-0.05, 0) is 31.2 Å². The molecular weight excluding hydrogens is 564 g/mol. The summed E-state index contributed by atoms with van der Waals surface area (Å²) in [5.74, 6) is -2.10. The Morgan fingerprint density at radius 1 is 0.762 bits per heavy atom. The van der Waals surface area contributed by atoms with E-state index in [0.29, 0.717) is 5.56 Å². The normalized spacial score (nSPS) is 36.5. The summed E-state index contributed by atoms with van der Waals surface area (Å²) >= 11 is 0. The molecule has 11 N–H and O–H groups in total. The maximum atomic E-state index is 10.7. The Morgan fingerprint density at radius 2 is 1.40 bits per heavy atom. The number of hydrogen-bond donors (Lipinski definition) is 10. The molecule has 42 heavy (non-hydrogen) atoms. The first-order valence-electron chi connectivity index (χ1n) is 13.0. The van der Waals surface area contributed by atoms with Gasteiger partial charge in [0.25, 0.3) is 11.9 Å². The molecule has 1 unspecified atom stereocenters. The summed E-state index contributed by atoms with van der Waals surface area (Å²) in [5.41, 5.74) is 0.445. The number of rotatable bonds is 6. The monoisotopic (exact) mass is 597 g/mol. The highest BCUT2D eigenvalue weighted by Gasteiger charge is 2.48. The maximum absolute atomic E-state index is 10.7. The molecule has 15 heteroatoms. The van der Waals surface area contributed by atoms with Gasteiger partial charge >= 0.3 is 0 Å². The highest BCUT2D eigenvalue weighted by Crippen LogP contribution is 2.50. The molecule has 15 nitrogen and oxygen atoms in total. The van der Waals surface area contributed by atoms with Crippen molar-refractivity contribution in [2.75, 3.05) is 6.61 Å². The number of aliphatic hydroxyl groups is 7. The van der Waals surface area contributed by atoms with Crippen LogP contribution in [0.1, 0.15) is 24.2 Å². The summed E-state index contributed by atoms with van der Waals surface area (Å²) in [6.07, 6.45) is -14.8. The average molecular weight is 598 g/mol. The van der Waals surface area contributed by atoms with Gasteiger partial charge in [0.1, 0.15) is 54.0 Å². The van der Waals surface area contributed by atoms with E-state index in [2.05, 4.69) is 4.74 Å². The van der Waals surface area contributed by atoms with Crippen molar-refractivity contribution in [3.63, 3.8) is 0 Å². The lowest BCUT2D eigenvalue weighted by Gasteiger charge is -2.42. The second-order valence-corrected chi connectivity index (χ2v) is 10.3. The van der Waals surface area contributed by atoms with E-state index < -0.39 is 91.4 Å². The van der Waals surface area contributed by atoms with Crippen LogP contribution in [0.25, 0.3) is 6.08 Å². The molecule has 3 heterocycles. The van der Waals surface area contributed by atoms with Gasteiger partial charge in [-0.25, -0.2) is 0 Å². The number of hydrogen-bond acceptors (Lipinski definition) is 14. The van der Waals surface area contributed by atoms with Crippen LogP contribution < -0.4 is 0 Å². The minimum absolute atomic E-state index is 0.0283. The van der Waals surface area contributed by atoms with Gasteiger partial charge in [0.15, 0.2) is 23.5 Å². The van der Waals surface area contributed by atoms with E-state index in [1.54, 1.807) is 0 Å². The van der Waals surface area contributed by atoms with Gasteiger partial charge in [-0.3, -0.25) is 0 Å². The molecule has 2 aromatic carbocycles. The second kappa shape index (κ2) is 11.7. The molecule has 3 aliphatic heterocycles. The van der Waals surface area contributed by atoms with Crippen molar-refractivity contribution >= 4 is 6.08 Å². The molecule has 3 aliphatic rings. The van der Waals surface area contributed by atoms with Crippen LogP contribution in [0.3, 0.4) is 0 Å². The first-order chi connectivity index (χ1) is 19.9. The van der Waals surface area contributed by atoms with E-state index in [1.165, 1.54) is 37.3 Å². The van der Waals surface area contributed by atoms with E-state index in [1.807, 2.05) is 0 Å². The Labute approximate surface area is 238 Å². The Hall–Kier alpha value is -3.38. The molecule has 0 spiro atoms.